The van der Waals surface area contributed by atoms with Crippen molar-refractivity contribution in [2.45, 2.75) is 46.8 Å². The molecule has 0 radical (unpaired) electrons. The van der Waals surface area contributed by atoms with Crippen LogP contribution in [0.3, 0.4) is 0 Å². The molecule has 3 aromatic rings. The lowest BCUT2D eigenvalue weighted by Gasteiger charge is -2.38. The van der Waals surface area contributed by atoms with E-state index in [1.165, 1.54) is 28.7 Å². The average Bonchev–Trinajstić information content (AvgIpc) is 3.57. The Bertz CT molecular complexity index is 1630. The van der Waals surface area contributed by atoms with Gasteiger partial charge in [0.15, 0.2) is 9.84 Å². The van der Waals surface area contributed by atoms with Gasteiger partial charge in [0.2, 0.25) is 10.0 Å². The number of aromatic nitrogens is 2. The Labute approximate surface area is 237 Å². The Kier molecular flexibility index (Phi) is 8.00. The lowest BCUT2D eigenvalue weighted by Crippen LogP contribution is -2.48. The molecule has 41 heavy (non-hydrogen) atoms. The molecule has 13 nitrogen and oxygen atoms in total. The molecule has 0 aliphatic carbocycles. The smallest absolute Gasteiger partial charge is 0.407 e. The molecule has 222 valence electrons. The van der Waals surface area contributed by atoms with E-state index in [0.717, 1.165) is 11.2 Å². The predicted octanol–water partition coefficient (Wildman–Crippen LogP) is 1.70. The van der Waals surface area contributed by atoms with Crippen molar-refractivity contribution in [2.75, 3.05) is 39.1 Å². The van der Waals surface area contributed by atoms with Crippen molar-refractivity contribution in [1.29, 1.82) is 0 Å². The number of nitrogens with zero attached hydrogens (tertiary/aromatic N) is 3. The zero-order valence-electron chi connectivity index (χ0n) is 22.3. The third-order valence-corrected chi connectivity index (χ3v) is 10.6. The zero-order chi connectivity index (χ0) is 29.4. The maximum Gasteiger partial charge on any atom is 0.407 e. The fraction of sp³-hybridized carbons (Fsp3) is 0.462. The molecule has 1 spiro atoms. The number of sulfonamides is 1. The highest BCUT2D eigenvalue weighted by Gasteiger charge is 2.47. The Morgan fingerprint density at radius 1 is 1.22 bits per heavy atom. The first-order chi connectivity index (χ1) is 19.4. The molecule has 2 aliphatic heterocycles. The number of aliphatic hydroxyl groups is 1. The van der Waals surface area contributed by atoms with Crippen molar-refractivity contribution in [3.05, 3.63) is 48.8 Å². The molecular weight excluding hydrogens is 576 g/mol. The number of aromatic amines is 1. The number of pyridine rings is 1. The number of hydrogen-bond acceptors (Lipinski definition) is 9. The van der Waals surface area contributed by atoms with E-state index in [-0.39, 0.29) is 48.4 Å². The second-order valence-corrected chi connectivity index (χ2v) is 14.4. The van der Waals surface area contributed by atoms with Crippen LogP contribution in [-0.2, 0) is 24.6 Å². The number of rotatable bonds is 9. The average molecular weight is 609 g/mol. The van der Waals surface area contributed by atoms with Crippen LogP contribution in [0.25, 0.3) is 11.0 Å². The lowest BCUT2D eigenvalue weighted by molar-refractivity contribution is -0.0319. The molecule has 3 N–H and O–H groups in total. The van der Waals surface area contributed by atoms with Gasteiger partial charge in [0.1, 0.15) is 23.4 Å². The second kappa shape index (κ2) is 11.2. The Morgan fingerprint density at radius 2 is 1.98 bits per heavy atom. The van der Waals surface area contributed by atoms with Gasteiger partial charge in [-0.05, 0) is 49.6 Å². The van der Waals surface area contributed by atoms with Crippen LogP contribution in [0.15, 0.2) is 58.6 Å². The summed E-state index contributed by atoms with van der Waals surface area (Å²) in [6, 6.07) is 8.63. The number of carbonyl (C=O) groups is 1. The van der Waals surface area contributed by atoms with Gasteiger partial charge in [-0.15, -0.1) is 0 Å². The summed E-state index contributed by atoms with van der Waals surface area (Å²) < 4.78 is 63.0. The minimum Gasteiger partial charge on any atom is -0.491 e. The maximum atomic E-state index is 13.2. The molecule has 2 fully saturated rings. The molecule has 1 amide bonds. The Morgan fingerprint density at radius 3 is 2.68 bits per heavy atom. The van der Waals surface area contributed by atoms with E-state index in [1.807, 2.05) is 0 Å². The first kappa shape index (κ1) is 29.3. The Balaban J connectivity index is 1.17. The highest BCUT2D eigenvalue weighted by molar-refractivity contribution is 7.90. The van der Waals surface area contributed by atoms with E-state index in [2.05, 4.69) is 9.97 Å². The maximum absolute atomic E-state index is 13.2. The predicted molar refractivity (Wildman–Crippen MR) is 147 cm³/mol. The van der Waals surface area contributed by atoms with Gasteiger partial charge in [0.25, 0.3) is 0 Å². The standard InChI is InChI=1S/C26H32N4O9S2/c1-40(34,35)21-4-2-3-20(11-21)38-17-19(31)15-30(25(32)33)18-13-26(39-16-18)6-9-29(10-7-26)41(36,37)22-12-24-23(28-14-22)5-8-27-24/h2-5,8,11-12,14,18-19,27,31H,6-7,9-10,13,15-17H2,1H3,(H,32,33)/t18-,19+/m1/s1. The van der Waals surface area contributed by atoms with Crippen LogP contribution in [0, 0.1) is 0 Å². The van der Waals surface area contributed by atoms with Crippen molar-refractivity contribution in [3.63, 3.8) is 0 Å². The van der Waals surface area contributed by atoms with Gasteiger partial charge in [-0.25, -0.2) is 21.6 Å². The fourth-order valence-corrected chi connectivity index (χ4v) is 7.43. The minimum absolute atomic E-state index is 0.0714. The summed E-state index contributed by atoms with van der Waals surface area (Å²) in [6.45, 7) is 0.0733. The molecule has 4 heterocycles. The number of amides is 1. The number of ether oxygens (including phenoxy) is 2. The van der Waals surface area contributed by atoms with Crippen molar-refractivity contribution in [2.24, 2.45) is 0 Å². The molecule has 2 aromatic heterocycles. The van der Waals surface area contributed by atoms with Crippen molar-refractivity contribution in [1.82, 2.24) is 19.2 Å². The molecule has 2 aliphatic rings. The summed E-state index contributed by atoms with van der Waals surface area (Å²) in [5.41, 5.74) is 0.637. The van der Waals surface area contributed by atoms with E-state index in [0.29, 0.717) is 30.3 Å². The Hall–Kier alpha value is -3.24. The molecule has 2 atom stereocenters. The van der Waals surface area contributed by atoms with Gasteiger partial charge >= 0.3 is 6.09 Å². The molecule has 1 aromatic carbocycles. The number of hydrogen-bond donors (Lipinski definition) is 3. The molecule has 0 saturated carbocycles. The van der Waals surface area contributed by atoms with Crippen LogP contribution in [0.1, 0.15) is 19.3 Å². The lowest BCUT2D eigenvalue weighted by atomic mass is 9.88. The monoisotopic (exact) mass is 608 g/mol. The highest BCUT2D eigenvalue weighted by atomic mass is 32.2. The molecule has 5 rings (SSSR count). The molecule has 0 unspecified atom stereocenters. The molecular formula is C26H32N4O9S2. The van der Waals surface area contributed by atoms with Crippen molar-refractivity contribution >= 4 is 37.0 Å². The first-order valence-electron chi connectivity index (χ1n) is 13.0. The topological polar surface area (TPSA) is 179 Å². The number of fused-ring (bicyclic) bond motifs is 1. The fourth-order valence-electron chi connectivity index (χ4n) is 5.36. The van der Waals surface area contributed by atoms with Crippen molar-refractivity contribution < 1.29 is 41.3 Å². The molecule has 2 saturated heterocycles. The minimum atomic E-state index is -3.77. The van der Waals surface area contributed by atoms with Crippen LogP contribution in [0.4, 0.5) is 4.79 Å². The van der Waals surface area contributed by atoms with E-state index < -0.39 is 43.7 Å². The summed E-state index contributed by atoms with van der Waals surface area (Å²) in [7, 11) is -7.20. The SMILES string of the molecule is CS(=O)(=O)c1cccc(OC[C@@H](O)CN(C(=O)O)[C@H]2COC3(CCN(S(=O)(=O)c4cnc5cc[nH]c5c4)CC3)C2)c1. The van der Waals surface area contributed by atoms with E-state index >= 15 is 0 Å². The number of carboxylic acid groups (broad SMARTS) is 1. The third kappa shape index (κ3) is 6.33. The number of sulfone groups is 1. The van der Waals surface area contributed by atoms with Crippen LogP contribution in [-0.4, -0.2) is 109 Å². The van der Waals surface area contributed by atoms with E-state index in [1.54, 1.807) is 24.4 Å². The largest absolute Gasteiger partial charge is 0.491 e. The van der Waals surface area contributed by atoms with Gasteiger partial charge in [-0.1, -0.05) is 6.07 Å². The van der Waals surface area contributed by atoms with Gasteiger partial charge in [-0.2, -0.15) is 4.31 Å². The molecule has 15 heteroatoms. The summed E-state index contributed by atoms with van der Waals surface area (Å²) in [5.74, 6) is 0.238. The van der Waals surface area contributed by atoms with Crippen LogP contribution in [0.5, 0.6) is 5.75 Å². The quantitative estimate of drug-likeness (QED) is 0.324. The number of aliphatic hydroxyl groups excluding tert-OH is 1. The van der Waals surface area contributed by atoms with E-state index in [9.17, 15) is 31.8 Å². The third-order valence-electron chi connectivity index (χ3n) is 7.60. The van der Waals surface area contributed by atoms with Gasteiger partial charge in [0.05, 0.1) is 40.7 Å². The van der Waals surface area contributed by atoms with Gasteiger partial charge < -0.3 is 29.6 Å². The van der Waals surface area contributed by atoms with Gasteiger partial charge in [0, 0.05) is 31.7 Å². The van der Waals surface area contributed by atoms with Crippen molar-refractivity contribution in [3.8, 4) is 5.75 Å². The summed E-state index contributed by atoms with van der Waals surface area (Å²) >= 11 is 0. The highest BCUT2D eigenvalue weighted by Crippen LogP contribution is 2.39. The van der Waals surface area contributed by atoms with E-state index in [4.69, 9.17) is 9.47 Å². The summed E-state index contributed by atoms with van der Waals surface area (Å²) in [5, 5.41) is 20.4. The van der Waals surface area contributed by atoms with Crippen LogP contribution < -0.4 is 4.74 Å². The normalized spacial score (nSPS) is 20.3. The molecule has 0 bridgehead atoms. The number of H-pyrrole nitrogens is 1. The number of nitrogens with one attached hydrogen (secondary N) is 1. The second-order valence-electron chi connectivity index (χ2n) is 10.5. The number of piperidine rings is 1. The van der Waals surface area contributed by atoms with Gasteiger partial charge in [-0.3, -0.25) is 4.98 Å². The first-order valence-corrected chi connectivity index (χ1v) is 16.4. The van der Waals surface area contributed by atoms with Crippen LogP contribution >= 0.6 is 0 Å². The van der Waals surface area contributed by atoms with Crippen LogP contribution in [0.2, 0.25) is 0 Å². The zero-order valence-corrected chi connectivity index (χ0v) is 24.0. The summed E-state index contributed by atoms with van der Waals surface area (Å²) in [4.78, 5) is 20.6. The number of benzene rings is 1. The summed E-state index contributed by atoms with van der Waals surface area (Å²) in [6.07, 6.45) is 2.88.